The van der Waals surface area contributed by atoms with Crippen molar-refractivity contribution in [1.29, 1.82) is 0 Å². The summed E-state index contributed by atoms with van der Waals surface area (Å²) in [5, 5.41) is 23.4. The number of nitro groups is 1. The molecule has 0 aliphatic rings. The summed E-state index contributed by atoms with van der Waals surface area (Å²) < 4.78 is 6.13. The van der Waals surface area contributed by atoms with Crippen LogP contribution in [0.4, 0.5) is 5.82 Å². The minimum atomic E-state index is -0.700. The monoisotopic (exact) mass is 434 g/mol. The Labute approximate surface area is 173 Å². The summed E-state index contributed by atoms with van der Waals surface area (Å²) >= 11 is 5.88. The highest BCUT2D eigenvalue weighted by Crippen LogP contribution is 2.26. The minimum Gasteiger partial charge on any atom is -0.358 e. The number of nitrogens with zero attached hydrogens (tertiary/aromatic N) is 6. The van der Waals surface area contributed by atoms with Crippen LogP contribution >= 0.6 is 11.6 Å². The van der Waals surface area contributed by atoms with Gasteiger partial charge in [0.2, 0.25) is 0 Å². The average molecular weight is 435 g/mol. The van der Waals surface area contributed by atoms with E-state index in [2.05, 4.69) is 30.9 Å². The van der Waals surface area contributed by atoms with Crippen LogP contribution in [0.15, 0.2) is 29.0 Å². The Hall–Kier alpha value is -3.87. The van der Waals surface area contributed by atoms with E-state index in [9.17, 15) is 19.7 Å². The topological polar surface area (TPSA) is 171 Å². The normalized spacial score (nSPS) is 10.6. The van der Waals surface area contributed by atoms with E-state index in [0.29, 0.717) is 11.3 Å². The first-order valence-electron chi connectivity index (χ1n) is 8.53. The van der Waals surface area contributed by atoms with Crippen LogP contribution in [-0.4, -0.2) is 54.7 Å². The quantitative estimate of drug-likeness (QED) is 0.294. The van der Waals surface area contributed by atoms with Gasteiger partial charge < -0.3 is 25.3 Å². The summed E-state index contributed by atoms with van der Waals surface area (Å²) in [6.07, 6.45) is 2.98. The van der Waals surface area contributed by atoms with Crippen LogP contribution in [0.2, 0.25) is 5.02 Å². The van der Waals surface area contributed by atoms with Crippen LogP contribution in [0.5, 0.6) is 0 Å². The van der Waals surface area contributed by atoms with Crippen LogP contribution in [0.3, 0.4) is 0 Å². The number of aromatic nitrogens is 5. The zero-order chi connectivity index (χ0) is 21.7. The number of pyridine rings is 1. The largest absolute Gasteiger partial charge is 0.408 e. The molecule has 0 bridgehead atoms. The van der Waals surface area contributed by atoms with E-state index in [1.807, 2.05) is 0 Å². The van der Waals surface area contributed by atoms with Crippen molar-refractivity contribution in [3.8, 4) is 0 Å². The first-order chi connectivity index (χ1) is 14.4. The van der Waals surface area contributed by atoms with Crippen molar-refractivity contribution in [2.75, 3.05) is 13.1 Å². The fourth-order valence-corrected chi connectivity index (χ4v) is 2.55. The van der Waals surface area contributed by atoms with E-state index in [1.165, 1.54) is 10.9 Å². The van der Waals surface area contributed by atoms with Crippen LogP contribution in [-0.2, 0) is 6.54 Å². The molecule has 0 spiro atoms. The third-order valence-electron chi connectivity index (χ3n) is 3.86. The number of hydrogen-bond acceptors (Lipinski definition) is 9. The molecule has 0 aromatic carbocycles. The van der Waals surface area contributed by atoms with Gasteiger partial charge in [-0.15, -0.1) is 0 Å². The summed E-state index contributed by atoms with van der Waals surface area (Å²) in [5.74, 6) is -1.65. The van der Waals surface area contributed by atoms with Gasteiger partial charge in [0.05, 0.1) is 16.4 Å². The van der Waals surface area contributed by atoms with Crippen LogP contribution < -0.4 is 10.6 Å². The van der Waals surface area contributed by atoms with Crippen molar-refractivity contribution in [2.45, 2.75) is 13.5 Å². The molecule has 3 heterocycles. The van der Waals surface area contributed by atoms with Crippen molar-refractivity contribution in [2.24, 2.45) is 0 Å². The standard InChI is InChI=1S/C16H15ClN8O5/c1-9-12(17)13(25(28)29)22-24(9)8-11-21-16(30-23-11)15(27)20-6-5-19-14(26)10-3-2-4-18-7-10/h2-4,7H,5-6,8H2,1H3,(H,19,26)(H,20,27). The predicted molar refractivity (Wildman–Crippen MR) is 101 cm³/mol. The van der Waals surface area contributed by atoms with Gasteiger partial charge in [-0.3, -0.25) is 14.6 Å². The number of rotatable bonds is 8. The van der Waals surface area contributed by atoms with Crippen molar-refractivity contribution < 1.29 is 19.0 Å². The van der Waals surface area contributed by atoms with E-state index >= 15 is 0 Å². The molecule has 14 heteroatoms. The Balaban J connectivity index is 1.51. The molecule has 0 fully saturated rings. The number of carbonyl (C=O) groups is 2. The molecule has 13 nitrogen and oxygen atoms in total. The van der Waals surface area contributed by atoms with Crippen LogP contribution in [0.25, 0.3) is 0 Å². The lowest BCUT2D eigenvalue weighted by molar-refractivity contribution is -0.389. The Morgan fingerprint density at radius 3 is 2.67 bits per heavy atom. The molecule has 2 amide bonds. The number of nitrogens with one attached hydrogen (secondary N) is 2. The molecular weight excluding hydrogens is 420 g/mol. The fraction of sp³-hybridized carbons (Fsp3) is 0.250. The van der Waals surface area contributed by atoms with Gasteiger partial charge in [0.15, 0.2) is 10.8 Å². The SMILES string of the molecule is Cc1c(Cl)c([N+](=O)[O-])nn1Cc1noc(C(=O)NCCNC(=O)c2cccnc2)n1. The maximum Gasteiger partial charge on any atom is 0.408 e. The second kappa shape index (κ2) is 9.09. The van der Waals surface area contributed by atoms with Gasteiger partial charge in [-0.2, -0.15) is 9.67 Å². The van der Waals surface area contributed by atoms with E-state index < -0.39 is 16.6 Å². The Kier molecular flexibility index (Phi) is 6.32. The maximum atomic E-state index is 12.1. The molecular formula is C16H15ClN8O5. The first kappa shape index (κ1) is 20.9. The van der Waals surface area contributed by atoms with Gasteiger partial charge in [-0.05, 0) is 24.0 Å². The smallest absolute Gasteiger partial charge is 0.358 e. The molecule has 156 valence electrons. The molecule has 0 aliphatic carbocycles. The molecule has 0 radical (unpaired) electrons. The summed E-state index contributed by atoms with van der Waals surface area (Å²) in [7, 11) is 0. The zero-order valence-corrected chi connectivity index (χ0v) is 16.3. The summed E-state index contributed by atoms with van der Waals surface area (Å²) in [5.41, 5.74) is 0.753. The lowest BCUT2D eigenvalue weighted by Gasteiger charge is -2.05. The lowest BCUT2D eigenvalue weighted by Crippen LogP contribution is -2.34. The minimum absolute atomic E-state index is 0.0721. The predicted octanol–water partition coefficient (Wildman–Crippen LogP) is 0.739. The summed E-state index contributed by atoms with van der Waals surface area (Å²) in [6, 6.07) is 3.25. The van der Waals surface area contributed by atoms with E-state index in [4.69, 9.17) is 16.1 Å². The molecule has 0 atom stereocenters. The molecule has 0 unspecified atom stereocenters. The van der Waals surface area contributed by atoms with Crippen molar-refractivity contribution in [3.05, 3.63) is 62.6 Å². The van der Waals surface area contributed by atoms with Gasteiger partial charge in [0, 0.05) is 25.5 Å². The molecule has 0 saturated heterocycles. The zero-order valence-electron chi connectivity index (χ0n) is 15.5. The lowest BCUT2D eigenvalue weighted by atomic mass is 10.3. The van der Waals surface area contributed by atoms with Gasteiger partial charge >= 0.3 is 17.6 Å². The van der Waals surface area contributed by atoms with Crippen molar-refractivity contribution in [3.63, 3.8) is 0 Å². The Morgan fingerprint density at radius 2 is 2.03 bits per heavy atom. The van der Waals surface area contributed by atoms with Crippen molar-refractivity contribution >= 4 is 29.2 Å². The van der Waals surface area contributed by atoms with E-state index in [-0.39, 0.29) is 42.3 Å². The van der Waals surface area contributed by atoms with E-state index in [1.54, 1.807) is 25.3 Å². The third kappa shape index (κ3) is 4.75. The second-order valence-electron chi connectivity index (χ2n) is 5.91. The number of hydrogen-bond donors (Lipinski definition) is 2. The molecule has 30 heavy (non-hydrogen) atoms. The highest BCUT2D eigenvalue weighted by Gasteiger charge is 2.25. The summed E-state index contributed by atoms with van der Waals surface area (Å²) in [4.78, 5) is 41.9. The molecule has 0 aliphatic heterocycles. The Bertz CT molecular complexity index is 1080. The highest BCUT2D eigenvalue weighted by molar-refractivity contribution is 6.33. The van der Waals surface area contributed by atoms with Crippen LogP contribution in [0, 0.1) is 17.0 Å². The van der Waals surface area contributed by atoms with Gasteiger partial charge in [0.25, 0.3) is 5.91 Å². The van der Waals surface area contributed by atoms with Gasteiger partial charge in [-0.25, -0.2) is 0 Å². The van der Waals surface area contributed by atoms with E-state index in [0.717, 1.165) is 0 Å². The molecule has 3 rings (SSSR count). The molecule has 3 aromatic rings. The number of halogens is 1. The van der Waals surface area contributed by atoms with Crippen LogP contribution in [0.1, 0.15) is 32.6 Å². The first-order valence-corrected chi connectivity index (χ1v) is 8.91. The molecule has 2 N–H and O–H groups in total. The van der Waals surface area contributed by atoms with Gasteiger partial charge in [-0.1, -0.05) is 16.8 Å². The van der Waals surface area contributed by atoms with Crippen molar-refractivity contribution in [1.82, 2.24) is 35.5 Å². The molecule has 0 saturated carbocycles. The average Bonchev–Trinajstić information content (AvgIpc) is 3.32. The van der Waals surface area contributed by atoms with Gasteiger partial charge in [0.1, 0.15) is 6.54 Å². The highest BCUT2D eigenvalue weighted by atomic mass is 35.5. The fourth-order valence-electron chi connectivity index (χ4n) is 2.35. The maximum absolute atomic E-state index is 12.1. The third-order valence-corrected chi connectivity index (χ3v) is 4.31. The second-order valence-corrected chi connectivity index (χ2v) is 6.28. The summed E-state index contributed by atoms with van der Waals surface area (Å²) in [6.45, 7) is 1.78. The number of amides is 2. The molecule has 3 aromatic heterocycles. The number of carbonyl (C=O) groups excluding carboxylic acids is 2. The Morgan fingerprint density at radius 1 is 1.30 bits per heavy atom.